The number of methoxy groups -OCH3 is 1. The van der Waals surface area contributed by atoms with E-state index in [1.165, 1.54) is 6.07 Å². The number of nitrogens with zero attached hydrogens (tertiary/aromatic N) is 2. The molecule has 6 heteroatoms. The number of rotatable bonds is 5. The van der Waals surface area contributed by atoms with Crippen molar-refractivity contribution in [1.82, 2.24) is 9.78 Å². The van der Waals surface area contributed by atoms with Crippen molar-refractivity contribution in [2.24, 2.45) is 0 Å². The number of para-hydroxylation sites is 1. The summed E-state index contributed by atoms with van der Waals surface area (Å²) in [6.45, 7) is 1.80. The fourth-order valence-electron chi connectivity index (χ4n) is 2.54. The summed E-state index contributed by atoms with van der Waals surface area (Å²) < 4.78 is 6.48. The van der Waals surface area contributed by atoms with Crippen molar-refractivity contribution < 1.29 is 9.53 Å². The molecule has 1 N–H and O–H groups in total. The first-order chi connectivity index (χ1) is 12.6. The second-order valence-corrected chi connectivity index (χ2v) is 5.83. The summed E-state index contributed by atoms with van der Waals surface area (Å²) >= 11 is 0. The highest BCUT2D eigenvalue weighted by molar-refractivity contribution is 5.90. The zero-order chi connectivity index (χ0) is 18.5. The van der Waals surface area contributed by atoms with Gasteiger partial charge in [0.1, 0.15) is 12.3 Å². The molecule has 0 bridgehead atoms. The van der Waals surface area contributed by atoms with E-state index in [1.807, 2.05) is 55.5 Å². The predicted molar refractivity (Wildman–Crippen MR) is 100 cm³/mol. The van der Waals surface area contributed by atoms with Gasteiger partial charge in [0.25, 0.3) is 5.56 Å². The lowest BCUT2D eigenvalue weighted by atomic mass is 10.1. The van der Waals surface area contributed by atoms with Crippen LogP contribution in [0.15, 0.2) is 65.5 Å². The van der Waals surface area contributed by atoms with Crippen LogP contribution >= 0.6 is 0 Å². The van der Waals surface area contributed by atoms with Crippen LogP contribution in [-0.2, 0) is 11.3 Å². The van der Waals surface area contributed by atoms with Crippen LogP contribution in [0.1, 0.15) is 5.56 Å². The van der Waals surface area contributed by atoms with Gasteiger partial charge < -0.3 is 10.1 Å². The number of ether oxygens (including phenoxy) is 1. The van der Waals surface area contributed by atoms with Gasteiger partial charge in [0.2, 0.25) is 5.91 Å². The van der Waals surface area contributed by atoms with Crippen molar-refractivity contribution >= 4 is 11.6 Å². The number of amides is 1. The Balaban J connectivity index is 1.83. The summed E-state index contributed by atoms with van der Waals surface area (Å²) in [6, 6.07) is 17.8. The Labute approximate surface area is 151 Å². The molecule has 0 spiro atoms. The monoisotopic (exact) mass is 349 g/mol. The van der Waals surface area contributed by atoms with E-state index in [9.17, 15) is 9.59 Å². The Hall–Kier alpha value is -3.41. The Morgan fingerprint density at radius 2 is 1.81 bits per heavy atom. The summed E-state index contributed by atoms with van der Waals surface area (Å²) in [5, 5.41) is 7.07. The molecule has 132 valence electrons. The minimum atomic E-state index is -0.345. The molecule has 1 aromatic heterocycles. The first kappa shape index (κ1) is 17.4. The maximum Gasteiger partial charge on any atom is 0.267 e. The third-order valence-electron chi connectivity index (χ3n) is 3.88. The molecule has 0 fully saturated rings. The highest BCUT2D eigenvalue weighted by Gasteiger charge is 2.11. The molecule has 3 aromatic rings. The molecule has 0 aliphatic rings. The molecule has 6 nitrogen and oxygen atoms in total. The highest BCUT2D eigenvalue weighted by Crippen LogP contribution is 2.27. The summed E-state index contributed by atoms with van der Waals surface area (Å²) in [5.41, 5.74) is 2.75. The Morgan fingerprint density at radius 3 is 2.54 bits per heavy atom. The molecule has 0 radical (unpaired) electrons. The average Bonchev–Trinajstić information content (AvgIpc) is 2.65. The average molecular weight is 349 g/mol. The molecular formula is C20H19N3O3. The van der Waals surface area contributed by atoms with Crippen LogP contribution in [0.5, 0.6) is 5.75 Å². The largest absolute Gasteiger partial charge is 0.496 e. The molecule has 3 rings (SSSR count). The number of carbonyl (C=O) groups is 1. The van der Waals surface area contributed by atoms with Gasteiger partial charge in [-0.15, -0.1) is 0 Å². The van der Waals surface area contributed by atoms with Crippen molar-refractivity contribution in [1.29, 1.82) is 0 Å². The summed E-state index contributed by atoms with van der Waals surface area (Å²) in [7, 11) is 1.57. The van der Waals surface area contributed by atoms with E-state index in [1.54, 1.807) is 13.2 Å². The van der Waals surface area contributed by atoms with Gasteiger partial charge in [-0.05, 0) is 37.3 Å². The number of anilines is 1. The van der Waals surface area contributed by atoms with Gasteiger partial charge in [0.15, 0.2) is 0 Å². The van der Waals surface area contributed by atoms with Crippen molar-refractivity contribution in [3.8, 4) is 17.0 Å². The lowest BCUT2D eigenvalue weighted by molar-refractivity contribution is -0.117. The zero-order valence-corrected chi connectivity index (χ0v) is 14.6. The number of aryl methyl sites for hydroxylation is 1. The lowest BCUT2D eigenvalue weighted by Crippen LogP contribution is -2.29. The first-order valence-electron chi connectivity index (χ1n) is 8.15. The Kier molecular flexibility index (Phi) is 5.12. The molecule has 1 heterocycles. The Bertz CT molecular complexity index is 978. The van der Waals surface area contributed by atoms with E-state index in [2.05, 4.69) is 10.4 Å². The van der Waals surface area contributed by atoms with E-state index in [0.29, 0.717) is 17.1 Å². The number of nitrogens with one attached hydrogen (secondary N) is 1. The summed E-state index contributed by atoms with van der Waals surface area (Å²) in [4.78, 5) is 24.3. The van der Waals surface area contributed by atoms with Crippen molar-refractivity contribution in [2.75, 3.05) is 12.4 Å². The first-order valence-corrected chi connectivity index (χ1v) is 8.15. The molecule has 0 aliphatic heterocycles. The molecule has 0 saturated carbocycles. The molecule has 26 heavy (non-hydrogen) atoms. The number of aromatic nitrogens is 2. The van der Waals surface area contributed by atoms with Gasteiger partial charge in [-0.3, -0.25) is 9.59 Å². The van der Waals surface area contributed by atoms with Crippen LogP contribution in [0.4, 0.5) is 5.69 Å². The third-order valence-corrected chi connectivity index (χ3v) is 3.88. The van der Waals surface area contributed by atoms with Crippen LogP contribution in [0, 0.1) is 6.92 Å². The fraction of sp³-hybridized carbons (Fsp3) is 0.150. The maximum atomic E-state index is 12.3. The van der Waals surface area contributed by atoms with Gasteiger partial charge in [-0.1, -0.05) is 29.8 Å². The van der Waals surface area contributed by atoms with E-state index < -0.39 is 0 Å². The van der Waals surface area contributed by atoms with E-state index in [4.69, 9.17) is 4.74 Å². The van der Waals surface area contributed by atoms with Crippen molar-refractivity contribution in [2.45, 2.75) is 13.5 Å². The van der Waals surface area contributed by atoms with Crippen LogP contribution in [0.25, 0.3) is 11.3 Å². The number of benzene rings is 2. The number of hydrogen-bond acceptors (Lipinski definition) is 4. The number of hydrogen-bond donors (Lipinski definition) is 1. The minimum Gasteiger partial charge on any atom is -0.496 e. The normalized spacial score (nSPS) is 10.4. The third kappa shape index (κ3) is 3.97. The van der Waals surface area contributed by atoms with Crippen molar-refractivity contribution in [3.63, 3.8) is 0 Å². The predicted octanol–water partition coefficient (Wildman–Crippen LogP) is 2.87. The van der Waals surface area contributed by atoms with Gasteiger partial charge in [0, 0.05) is 17.3 Å². The van der Waals surface area contributed by atoms with Crippen molar-refractivity contribution in [3.05, 3.63) is 76.6 Å². The van der Waals surface area contributed by atoms with Crippen LogP contribution in [0.2, 0.25) is 0 Å². The molecular weight excluding hydrogens is 330 g/mol. The van der Waals surface area contributed by atoms with Crippen LogP contribution < -0.4 is 15.6 Å². The highest BCUT2D eigenvalue weighted by atomic mass is 16.5. The lowest BCUT2D eigenvalue weighted by Gasteiger charge is -2.10. The molecule has 0 unspecified atom stereocenters. The smallest absolute Gasteiger partial charge is 0.267 e. The standard InChI is InChI=1S/C20H19N3O3/c1-14-7-9-15(10-8-14)21-19(24)13-23-20(25)12-11-17(22-23)16-5-3-4-6-18(16)26-2/h3-12H,13H2,1-2H3,(H,21,24). The van der Waals surface area contributed by atoms with Gasteiger partial charge in [-0.25, -0.2) is 4.68 Å². The van der Waals surface area contributed by atoms with E-state index in [0.717, 1.165) is 15.8 Å². The fourth-order valence-corrected chi connectivity index (χ4v) is 2.54. The molecule has 2 aromatic carbocycles. The Morgan fingerprint density at radius 1 is 1.08 bits per heavy atom. The summed E-state index contributed by atoms with van der Waals surface area (Å²) in [6.07, 6.45) is 0. The van der Waals surface area contributed by atoms with Gasteiger partial charge in [0.05, 0.1) is 12.8 Å². The second kappa shape index (κ2) is 7.65. The summed E-state index contributed by atoms with van der Waals surface area (Å²) in [5.74, 6) is 0.329. The number of carbonyl (C=O) groups excluding carboxylic acids is 1. The topological polar surface area (TPSA) is 73.2 Å². The second-order valence-electron chi connectivity index (χ2n) is 5.83. The zero-order valence-electron chi connectivity index (χ0n) is 14.6. The molecule has 1 amide bonds. The minimum absolute atomic E-state index is 0.171. The maximum absolute atomic E-state index is 12.3. The SMILES string of the molecule is COc1ccccc1-c1ccc(=O)n(CC(=O)Nc2ccc(C)cc2)n1. The van der Waals surface area contributed by atoms with Gasteiger partial charge in [-0.2, -0.15) is 5.10 Å². The van der Waals surface area contributed by atoms with E-state index in [-0.39, 0.29) is 18.0 Å². The molecule has 0 aliphatic carbocycles. The van der Waals surface area contributed by atoms with Crippen LogP contribution in [-0.4, -0.2) is 22.8 Å². The molecule has 0 saturated heterocycles. The quantitative estimate of drug-likeness (QED) is 0.769. The van der Waals surface area contributed by atoms with E-state index >= 15 is 0 Å². The molecule has 0 atom stereocenters. The van der Waals surface area contributed by atoms with Gasteiger partial charge >= 0.3 is 0 Å². The van der Waals surface area contributed by atoms with Crippen LogP contribution in [0.3, 0.4) is 0 Å².